The molecule has 1 N–H and O–H groups in total. The number of tetrazole rings is 1. The van der Waals surface area contributed by atoms with Crippen LogP contribution in [0.1, 0.15) is 5.56 Å². The van der Waals surface area contributed by atoms with E-state index in [0.29, 0.717) is 10.2 Å². The Morgan fingerprint density at radius 3 is 2.66 bits per heavy atom. The summed E-state index contributed by atoms with van der Waals surface area (Å²) in [6, 6.07) is 8.22. The van der Waals surface area contributed by atoms with Crippen LogP contribution in [0.15, 0.2) is 46.9 Å². The fraction of sp³-hybridized carbons (Fsp3) is 0.125. The van der Waals surface area contributed by atoms with Gasteiger partial charge in [-0.3, -0.25) is 14.9 Å². The van der Waals surface area contributed by atoms with Gasteiger partial charge in [-0.1, -0.05) is 12.1 Å². The lowest BCUT2D eigenvalue weighted by atomic mass is 10.1. The van der Waals surface area contributed by atoms with E-state index >= 15 is 0 Å². The van der Waals surface area contributed by atoms with E-state index in [0.717, 1.165) is 16.9 Å². The van der Waals surface area contributed by atoms with Crippen molar-refractivity contribution >= 4 is 33.2 Å². The minimum Gasteiger partial charge on any atom is -0.323 e. The molecule has 1 heterocycles. The van der Waals surface area contributed by atoms with Crippen molar-refractivity contribution in [1.82, 2.24) is 20.2 Å². The van der Waals surface area contributed by atoms with Crippen molar-refractivity contribution in [3.63, 3.8) is 0 Å². The summed E-state index contributed by atoms with van der Waals surface area (Å²) in [6.07, 6.45) is -4.51. The van der Waals surface area contributed by atoms with E-state index in [9.17, 15) is 28.1 Å². The van der Waals surface area contributed by atoms with Gasteiger partial charge < -0.3 is 5.32 Å². The molecule has 1 aromatic heterocycles. The summed E-state index contributed by atoms with van der Waals surface area (Å²) >= 11 is 3.13. The number of amides is 1. The highest BCUT2D eigenvalue weighted by molar-refractivity contribution is 9.10. The number of carbonyl (C=O) groups is 1. The lowest BCUT2D eigenvalue weighted by Crippen LogP contribution is -2.20. The van der Waals surface area contributed by atoms with Gasteiger partial charge in [-0.2, -0.15) is 18.0 Å². The number of nitrogens with zero attached hydrogens (tertiary/aromatic N) is 5. The van der Waals surface area contributed by atoms with Gasteiger partial charge in [-0.15, -0.1) is 10.2 Å². The molecule has 0 radical (unpaired) electrons. The molecule has 0 aliphatic heterocycles. The topological polar surface area (TPSA) is 116 Å². The quantitative estimate of drug-likeness (QED) is 0.449. The van der Waals surface area contributed by atoms with Crippen molar-refractivity contribution in [2.75, 3.05) is 5.32 Å². The summed E-state index contributed by atoms with van der Waals surface area (Å²) in [5.74, 6) is -0.632. The fourth-order valence-electron chi connectivity index (χ4n) is 2.30. The van der Waals surface area contributed by atoms with Gasteiger partial charge in [0.2, 0.25) is 11.7 Å². The van der Waals surface area contributed by atoms with Gasteiger partial charge in [0.1, 0.15) is 6.54 Å². The molecular formula is C16H10BrF3N6O3. The molecular weight excluding hydrogens is 461 g/mol. The van der Waals surface area contributed by atoms with E-state index in [1.165, 1.54) is 30.3 Å². The number of nitro groups is 1. The van der Waals surface area contributed by atoms with E-state index in [2.05, 4.69) is 36.7 Å². The van der Waals surface area contributed by atoms with Crippen LogP contribution in [0.5, 0.6) is 0 Å². The third kappa shape index (κ3) is 4.93. The number of halogens is 4. The summed E-state index contributed by atoms with van der Waals surface area (Å²) in [5, 5.41) is 24.5. The van der Waals surface area contributed by atoms with E-state index in [1.54, 1.807) is 0 Å². The van der Waals surface area contributed by atoms with Crippen molar-refractivity contribution in [3.05, 3.63) is 62.6 Å². The smallest absolute Gasteiger partial charge is 0.323 e. The van der Waals surface area contributed by atoms with Crippen LogP contribution in [-0.2, 0) is 17.5 Å². The molecule has 3 rings (SSSR count). The van der Waals surface area contributed by atoms with Gasteiger partial charge in [0, 0.05) is 22.2 Å². The lowest BCUT2D eigenvalue weighted by Gasteiger charge is -2.07. The highest BCUT2D eigenvalue weighted by Gasteiger charge is 2.30. The number of rotatable bonds is 5. The highest BCUT2D eigenvalue weighted by Crippen LogP contribution is 2.31. The zero-order valence-corrected chi connectivity index (χ0v) is 15.8. The number of alkyl halides is 3. The minimum absolute atomic E-state index is 0.0691. The zero-order chi connectivity index (χ0) is 21.2. The molecule has 3 aromatic rings. The maximum absolute atomic E-state index is 12.8. The first kappa shape index (κ1) is 20.4. The highest BCUT2D eigenvalue weighted by atomic mass is 79.9. The van der Waals surface area contributed by atoms with Crippen molar-refractivity contribution in [1.29, 1.82) is 0 Å². The number of aromatic nitrogens is 4. The molecule has 0 fully saturated rings. The molecule has 0 atom stereocenters. The molecule has 1 amide bonds. The van der Waals surface area contributed by atoms with Gasteiger partial charge in [0.05, 0.1) is 16.2 Å². The Morgan fingerprint density at radius 1 is 1.24 bits per heavy atom. The molecule has 0 saturated heterocycles. The third-order valence-corrected chi connectivity index (χ3v) is 4.28. The van der Waals surface area contributed by atoms with Gasteiger partial charge in [0.15, 0.2) is 0 Å². The predicted molar refractivity (Wildman–Crippen MR) is 97.7 cm³/mol. The minimum atomic E-state index is -4.51. The zero-order valence-electron chi connectivity index (χ0n) is 14.2. The molecule has 13 heteroatoms. The van der Waals surface area contributed by atoms with Crippen LogP contribution in [0.25, 0.3) is 11.4 Å². The Kier molecular flexibility index (Phi) is 5.59. The van der Waals surface area contributed by atoms with Gasteiger partial charge >= 0.3 is 6.18 Å². The largest absolute Gasteiger partial charge is 0.416 e. The molecule has 0 bridgehead atoms. The van der Waals surface area contributed by atoms with Crippen LogP contribution in [0.4, 0.5) is 24.5 Å². The second-order valence-electron chi connectivity index (χ2n) is 5.69. The average Bonchev–Trinajstić information content (AvgIpc) is 3.11. The fourth-order valence-corrected chi connectivity index (χ4v) is 2.76. The molecule has 9 nitrogen and oxygen atoms in total. The second-order valence-corrected chi connectivity index (χ2v) is 6.55. The van der Waals surface area contributed by atoms with E-state index in [4.69, 9.17) is 0 Å². The molecule has 150 valence electrons. The Morgan fingerprint density at radius 2 is 2.00 bits per heavy atom. The molecule has 2 aromatic carbocycles. The van der Waals surface area contributed by atoms with Crippen molar-refractivity contribution < 1.29 is 22.9 Å². The summed E-state index contributed by atoms with van der Waals surface area (Å²) in [6.45, 7) is -0.366. The standard InChI is InChI=1S/C16H10BrF3N6O3/c17-12-7-11(26(28)29)4-5-13(12)21-14(27)8-25-23-15(22-24-25)9-2-1-3-10(6-9)16(18,19)20/h1-7H,8H2,(H,21,27). The van der Waals surface area contributed by atoms with Crippen molar-refractivity contribution in [3.8, 4) is 11.4 Å². The summed E-state index contributed by atoms with van der Waals surface area (Å²) in [4.78, 5) is 23.2. The van der Waals surface area contributed by atoms with Gasteiger partial charge in [0.25, 0.3) is 5.69 Å². The monoisotopic (exact) mass is 470 g/mol. The molecule has 0 aliphatic rings. The first-order valence-corrected chi connectivity index (χ1v) is 8.62. The number of anilines is 1. The van der Waals surface area contributed by atoms with Crippen molar-refractivity contribution in [2.45, 2.75) is 12.7 Å². The Bertz CT molecular complexity index is 1090. The van der Waals surface area contributed by atoms with Gasteiger partial charge in [-0.25, -0.2) is 0 Å². The summed E-state index contributed by atoms with van der Waals surface area (Å²) < 4.78 is 38.7. The number of hydrogen-bond donors (Lipinski definition) is 1. The number of hydrogen-bond acceptors (Lipinski definition) is 6. The Labute approximate surface area is 168 Å². The Balaban J connectivity index is 1.70. The summed E-state index contributed by atoms with van der Waals surface area (Å²) in [7, 11) is 0. The predicted octanol–water partition coefficient (Wildman–Crippen LogP) is 3.67. The number of nitro benzene ring substituents is 1. The SMILES string of the molecule is O=C(Cn1nnc(-c2cccc(C(F)(F)F)c2)n1)Nc1ccc([N+](=O)[O-])cc1Br. The normalized spacial score (nSPS) is 11.3. The average molecular weight is 471 g/mol. The first-order valence-electron chi connectivity index (χ1n) is 7.83. The van der Waals surface area contributed by atoms with Crippen LogP contribution in [0, 0.1) is 10.1 Å². The van der Waals surface area contributed by atoms with E-state index in [1.807, 2.05) is 0 Å². The Hall–Kier alpha value is -3.35. The first-order chi connectivity index (χ1) is 13.6. The molecule has 29 heavy (non-hydrogen) atoms. The summed E-state index contributed by atoms with van der Waals surface area (Å²) in [5.41, 5.74) is -0.617. The van der Waals surface area contributed by atoms with Crippen molar-refractivity contribution in [2.24, 2.45) is 0 Å². The van der Waals surface area contributed by atoms with Crippen LogP contribution in [0.3, 0.4) is 0 Å². The van der Waals surface area contributed by atoms with Crippen LogP contribution < -0.4 is 5.32 Å². The molecule has 0 saturated carbocycles. The molecule has 0 spiro atoms. The number of carbonyl (C=O) groups excluding carboxylic acids is 1. The van der Waals surface area contributed by atoms with Crippen LogP contribution in [-0.4, -0.2) is 31.0 Å². The maximum atomic E-state index is 12.8. The second kappa shape index (κ2) is 7.95. The maximum Gasteiger partial charge on any atom is 0.416 e. The molecule has 0 aliphatic carbocycles. The van der Waals surface area contributed by atoms with Crippen LogP contribution >= 0.6 is 15.9 Å². The van der Waals surface area contributed by atoms with Crippen LogP contribution in [0.2, 0.25) is 0 Å². The van der Waals surface area contributed by atoms with Gasteiger partial charge in [-0.05, 0) is 39.3 Å². The number of nitrogens with one attached hydrogen (secondary N) is 1. The van der Waals surface area contributed by atoms with E-state index < -0.39 is 22.6 Å². The molecule has 0 unspecified atom stereocenters. The van der Waals surface area contributed by atoms with E-state index in [-0.39, 0.29) is 23.6 Å². The third-order valence-electron chi connectivity index (χ3n) is 3.62. The number of non-ortho nitro benzene ring substituents is 1. The number of benzene rings is 2. The lowest BCUT2D eigenvalue weighted by molar-refractivity contribution is -0.384.